The van der Waals surface area contributed by atoms with Gasteiger partial charge in [-0.3, -0.25) is 9.89 Å². The summed E-state index contributed by atoms with van der Waals surface area (Å²) in [4.78, 5) is 6.73. The molecular weight excluding hydrogens is 515 g/mol. The molecule has 0 atom stereocenters. The average Bonchev–Trinajstić information content (AvgIpc) is 2.75. The van der Waals surface area contributed by atoms with Gasteiger partial charge in [0.15, 0.2) is 5.96 Å². The highest BCUT2D eigenvalue weighted by Crippen LogP contribution is 2.16. The Kier molecular flexibility index (Phi) is 11.3. The molecule has 0 saturated carbocycles. The highest BCUT2D eigenvalue weighted by Gasteiger charge is 2.12. The Bertz CT molecular complexity index is 800. The van der Waals surface area contributed by atoms with Crippen molar-refractivity contribution in [3.8, 4) is 5.75 Å². The van der Waals surface area contributed by atoms with Gasteiger partial charge in [0.25, 0.3) is 0 Å². The lowest BCUT2D eigenvalue weighted by atomic mass is 10.1. The summed E-state index contributed by atoms with van der Waals surface area (Å²) in [6.07, 6.45) is 0. The Balaban J connectivity index is 0.00000320. The fourth-order valence-corrected chi connectivity index (χ4v) is 3.36. The minimum absolute atomic E-state index is 0. The molecule has 8 heteroatoms. The number of guanidine groups is 1. The Labute approximate surface area is 201 Å². The number of nitrogens with zero attached hydrogens (tertiary/aromatic N) is 2. The molecule has 1 heterocycles. The van der Waals surface area contributed by atoms with Gasteiger partial charge in [0.1, 0.15) is 12.4 Å². The molecule has 2 aromatic rings. The van der Waals surface area contributed by atoms with E-state index in [1.807, 2.05) is 18.2 Å². The smallest absolute Gasteiger partial charge is 0.191 e. The van der Waals surface area contributed by atoms with Crippen LogP contribution < -0.4 is 15.4 Å². The maximum Gasteiger partial charge on any atom is 0.191 e. The van der Waals surface area contributed by atoms with Gasteiger partial charge >= 0.3 is 0 Å². The summed E-state index contributed by atoms with van der Waals surface area (Å²) in [7, 11) is 1.77. The summed E-state index contributed by atoms with van der Waals surface area (Å²) in [6.45, 7) is 6.42. The molecule has 1 saturated heterocycles. The van der Waals surface area contributed by atoms with Gasteiger partial charge in [0, 0.05) is 38.2 Å². The number of morpholine rings is 1. The van der Waals surface area contributed by atoms with Crippen molar-refractivity contribution in [3.05, 3.63) is 64.7 Å². The molecule has 0 unspecified atom stereocenters. The number of nitrogens with one attached hydrogen (secondary N) is 2. The van der Waals surface area contributed by atoms with Crippen molar-refractivity contribution < 1.29 is 9.47 Å². The first-order valence-corrected chi connectivity index (χ1v) is 10.3. The molecule has 30 heavy (non-hydrogen) atoms. The van der Waals surface area contributed by atoms with Crippen LogP contribution in [0.25, 0.3) is 0 Å². The normalized spacial score (nSPS) is 14.7. The Hall–Kier alpha value is -1.55. The van der Waals surface area contributed by atoms with Crippen LogP contribution >= 0.6 is 35.6 Å². The number of hydrogen-bond donors (Lipinski definition) is 2. The fourth-order valence-electron chi connectivity index (χ4n) is 3.18. The summed E-state index contributed by atoms with van der Waals surface area (Å²) in [5.41, 5.74) is 2.61. The molecule has 0 amide bonds. The zero-order valence-electron chi connectivity index (χ0n) is 17.3. The summed E-state index contributed by atoms with van der Waals surface area (Å²) in [5, 5.41) is 7.34. The van der Waals surface area contributed by atoms with Crippen LogP contribution in [0.1, 0.15) is 11.1 Å². The monoisotopic (exact) mass is 544 g/mol. The highest BCUT2D eigenvalue weighted by molar-refractivity contribution is 14.0. The average molecular weight is 545 g/mol. The van der Waals surface area contributed by atoms with Gasteiger partial charge < -0.3 is 20.1 Å². The lowest BCUT2D eigenvalue weighted by Gasteiger charge is -2.27. The van der Waals surface area contributed by atoms with E-state index in [2.05, 4.69) is 44.8 Å². The number of hydrogen-bond acceptors (Lipinski definition) is 4. The Morgan fingerprint density at radius 3 is 2.60 bits per heavy atom. The minimum atomic E-state index is 0. The molecule has 0 radical (unpaired) electrons. The van der Waals surface area contributed by atoms with Gasteiger partial charge in [0.2, 0.25) is 0 Å². The fraction of sp³-hybridized carbons (Fsp3) is 0.409. The Morgan fingerprint density at radius 2 is 1.87 bits per heavy atom. The van der Waals surface area contributed by atoms with Gasteiger partial charge in [-0.05, 0) is 29.3 Å². The van der Waals surface area contributed by atoms with Crippen molar-refractivity contribution in [1.82, 2.24) is 15.5 Å². The topological polar surface area (TPSA) is 58.1 Å². The minimum Gasteiger partial charge on any atom is -0.492 e. The summed E-state index contributed by atoms with van der Waals surface area (Å²) in [6, 6.07) is 15.9. The first kappa shape index (κ1) is 24.7. The first-order valence-electron chi connectivity index (χ1n) is 9.94. The molecular formula is C22H30ClIN4O2. The van der Waals surface area contributed by atoms with Crippen LogP contribution in [-0.2, 0) is 17.8 Å². The molecule has 2 N–H and O–H groups in total. The van der Waals surface area contributed by atoms with Crippen LogP contribution in [-0.4, -0.2) is 57.4 Å². The number of benzene rings is 2. The molecule has 0 aliphatic carbocycles. The molecule has 1 fully saturated rings. The highest BCUT2D eigenvalue weighted by atomic mass is 127. The van der Waals surface area contributed by atoms with Crippen molar-refractivity contribution in [1.29, 1.82) is 0 Å². The predicted molar refractivity (Wildman–Crippen MR) is 133 cm³/mol. The van der Waals surface area contributed by atoms with E-state index in [1.165, 1.54) is 11.1 Å². The second kappa shape index (κ2) is 13.7. The number of rotatable bonds is 8. The van der Waals surface area contributed by atoms with Crippen molar-refractivity contribution in [3.63, 3.8) is 0 Å². The van der Waals surface area contributed by atoms with Gasteiger partial charge in [-0.25, -0.2) is 0 Å². The van der Waals surface area contributed by atoms with E-state index in [1.54, 1.807) is 13.1 Å². The zero-order valence-corrected chi connectivity index (χ0v) is 20.4. The summed E-state index contributed by atoms with van der Waals surface area (Å²) < 4.78 is 11.1. The van der Waals surface area contributed by atoms with Gasteiger partial charge in [0.05, 0.1) is 19.8 Å². The molecule has 0 spiro atoms. The standard InChI is InChI=1S/C22H29ClN4O2.HI/c1-24-22(25-9-12-29-21-8-4-7-20(23)15-21)26-16-18-5-2-3-6-19(18)17-27-10-13-28-14-11-27;/h2-8,15H,9-14,16-17H2,1H3,(H2,24,25,26);1H. The molecule has 6 nitrogen and oxygen atoms in total. The zero-order chi connectivity index (χ0) is 20.3. The third kappa shape index (κ3) is 8.29. The van der Waals surface area contributed by atoms with Gasteiger partial charge in [-0.1, -0.05) is 41.9 Å². The van der Waals surface area contributed by atoms with E-state index in [0.717, 1.165) is 51.1 Å². The van der Waals surface area contributed by atoms with Crippen LogP contribution in [0.2, 0.25) is 5.02 Å². The molecule has 0 aromatic heterocycles. The largest absolute Gasteiger partial charge is 0.492 e. The van der Waals surface area contributed by atoms with Crippen LogP contribution in [0.15, 0.2) is 53.5 Å². The van der Waals surface area contributed by atoms with E-state index in [0.29, 0.717) is 18.2 Å². The van der Waals surface area contributed by atoms with Crippen LogP contribution in [0, 0.1) is 0 Å². The van der Waals surface area contributed by atoms with Crippen molar-refractivity contribution in [2.75, 3.05) is 46.5 Å². The quantitative estimate of drug-likeness (QED) is 0.231. The molecule has 3 rings (SSSR count). The van der Waals surface area contributed by atoms with Gasteiger partial charge in [-0.2, -0.15) is 0 Å². The van der Waals surface area contributed by atoms with E-state index in [-0.39, 0.29) is 24.0 Å². The SMILES string of the molecule is CN=C(NCCOc1cccc(Cl)c1)NCc1ccccc1CN1CCOCC1.I. The third-order valence-corrected chi connectivity index (χ3v) is 4.98. The van der Waals surface area contributed by atoms with Crippen LogP contribution in [0.3, 0.4) is 0 Å². The second-order valence-electron chi connectivity index (χ2n) is 6.82. The number of ether oxygens (including phenoxy) is 2. The van der Waals surface area contributed by atoms with Gasteiger partial charge in [-0.15, -0.1) is 24.0 Å². The van der Waals surface area contributed by atoms with Crippen LogP contribution in [0.5, 0.6) is 5.75 Å². The molecule has 2 aromatic carbocycles. The van der Waals surface area contributed by atoms with Crippen molar-refractivity contribution >= 4 is 41.5 Å². The van der Waals surface area contributed by atoms with E-state index >= 15 is 0 Å². The van der Waals surface area contributed by atoms with E-state index in [9.17, 15) is 0 Å². The third-order valence-electron chi connectivity index (χ3n) is 4.75. The van der Waals surface area contributed by atoms with Crippen molar-refractivity contribution in [2.45, 2.75) is 13.1 Å². The molecule has 1 aliphatic heterocycles. The molecule has 164 valence electrons. The molecule has 0 bridgehead atoms. The lowest BCUT2D eigenvalue weighted by molar-refractivity contribution is 0.0341. The van der Waals surface area contributed by atoms with Crippen LogP contribution in [0.4, 0.5) is 0 Å². The first-order chi connectivity index (χ1) is 14.2. The summed E-state index contributed by atoms with van der Waals surface area (Å²) >= 11 is 5.97. The van der Waals surface area contributed by atoms with E-state index in [4.69, 9.17) is 21.1 Å². The second-order valence-corrected chi connectivity index (χ2v) is 7.25. The molecule has 1 aliphatic rings. The Morgan fingerprint density at radius 1 is 1.10 bits per heavy atom. The number of halogens is 2. The van der Waals surface area contributed by atoms with E-state index < -0.39 is 0 Å². The van der Waals surface area contributed by atoms with Crippen molar-refractivity contribution in [2.24, 2.45) is 4.99 Å². The predicted octanol–water partition coefficient (Wildman–Crippen LogP) is 3.53. The maximum absolute atomic E-state index is 5.97. The maximum atomic E-state index is 5.97. The number of aliphatic imine (C=N–C) groups is 1. The lowest BCUT2D eigenvalue weighted by Crippen LogP contribution is -2.39. The summed E-state index contributed by atoms with van der Waals surface area (Å²) in [5.74, 6) is 1.51.